The van der Waals surface area contributed by atoms with Crippen molar-refractivity contribution in [3.05, 3.63) is 0 Å². The zero-order valence-corrected chi connectivity index (χ0v) is 24.7. The Bertz CT molecular complexity index is 266. The standard InChI is InChI=1S/4ClH.2K.2Li.2Mg.2H2O4S/c;;;;;;;;;;2*1-5(2,3)4/h4*1H;;;;;;;2*(H2,1,2,3,4)/q;;;;4*+1;2*+2;;/p-8. The molecule has 0 unspecified atom stereocenters. The summed E-state index contributed by atoms with van der Waals surface area (Å²) in [6.45, 7) is 0. The maximum atomic E-state index is 8.52. The molecule has 0 atom stereocenters. The minimum atomic E-state index is -5.17. The van der Waals surface area contributed by atoms with Crippen molar-refractivity contribution in [1.82, 2.24) is 0 Å². The quantitative estimate of drug-likeness (QED) is 0.190. The fraction of sp³-hybridized carbons (Fsp3) is 0. The average Bonchev–Trinajstić information content (AvgIpc) is 1.79. The molecule has 0 fully saturated rings. The van der Waals surface area contributed by atoms with Gasteiger partial charge in [0.15, 0.2) is 0 Å². The first-order valence-electron chi connectivity index (χ1n) is 2.40. The monoisotopic (exact) mass is 472 g/mol. The molecule has 0 amide bonds. The predicted octanol–water partition coefficient (Wildman–Crippen LogP) is -12.7. The van der Waals surface area contributed by atoms with E-state index in [1.54, 1.807) is 0 Å². The van der Waals surface area contributed by atoms with Gasteiger partial charge < -0.3 is 54.5 Å². The molecule has 96 valence electrons. The van der Waals surface area contributed by atoms with Crippen molar-refractivity contribution in [3.8, 4) is 0 Å². The van der Waals surface area contributed by atoms with Crippen LogP contribution >= 0.6 is 36.3 Å². The fourth-order valence-corrected chi connectivity index (χ4v) is 0. The molecule has 0 radical (unpaired) electrons. The molecule has 0 saturated heterocycles. The largest absolute Gasteiger partial charge is 1.00 e. The summed E-state index contributed by atoms with van der Waals surface area (Å²) in [7, 11) is 9.28. The van der Waals surface area contributed by atoms with E-state index in [-0.39, 0.29) is 140 Å². The van der Waals surface area contributed by atoms with E-state index < -0.39 is 57.1 Å². The van der Waals surface area contributed by atoms with E-state index in [0.717, 1.165) is 0 Å². The summed E-state index contributed by atoms with van der Waals surface area (Å²) in [4.78, 5) is 0. The third-order valence-corrected chi connectivity index (χ3v) is 0. The van der Waals surface area contributed by atoms with Gasteiger partial charge >= 0.3 is 177 Å². The SMILES string of the molecule is O=S(=O)([O-])[O-].O=S(=O)([O-])[O-].[Cl][Mg][Cl].[Cl][Mg][Cl].[K+].[K+].[Li+].[Li+]. The molecule has 0 aromatic heterocycles. The number of hydrogen-bond acceptors (Lipinski definition) is 8. The molecule has 0 aromatic carbocycles. The summed E-state index contributed by atoms with van der Waals surface area (Å²) in [5, 5.41) is 0. The third kappa shape index (κ3) is 299. The number of halogens is 4. The summed E-state index contributed by atoms with van der Waals surface area (Å²) in [5.74, 6) is 0. The molecule has 0 aliphatic heterocycles. The van der Waals surface area contributed by atoms with Crippen molar-refractivity contribution < 1.29 is 176 Å². The van der Waals surface area contributed by atoms with Crippen molar-refractivity contribution in [1.29, 1.82) is 0 Å². The summed E-state index contributed by atoms with van der Waals surface area (Å²) in [5.41, 5.74) is 0. The molecule has 8 nitrogen and oxygen atoms in total. The van der Waals surface area contributed by atoms with Crippen LogP contribution in [0.15, 0.2) is 0 Å². The Balaban J connectivity index is -0.0000000154. The van der Waals surface area contributed by atoms with Gasteiger partial charge in [0.05, 0.1) is 0 Å². The van der Waals surface area contributed by atoms with E-state index in [1.165, 1.54) is 0 Å². The summed E-state index contributed by atoms with van der Waals surface area (Å²) < 4.78 is 68.2. The van der Waals surface area contributed by atoms with E-state index in [4.69, 9.17) is 71.3 Å². The van der Waals surface area contributed by atoms with Crippen LogP contribution in [0.2, 0.25) is 0 Å². The van der Waals surface area contributed by atoms with Crippen LogP contribution in [0.3, 0.4) is 0 Å². The van der Waals surface area contributed by atoms with E-state index in [2.05, 4.69) is 0 Å². The van der Waals surface area contributed by atoms with Crippen molar-refractivity contribution >= 4 is 93.4 Å². The van der Waals surface area contributed by atoms with E-state index in [9.17, 15) is 0 Å². The zero-order valence-electron chi connectivity index (χ0n) is 11.0. The van der Waals surface area contributed by atoms with Crippen LogP contribution in [-0.2, 0) is 20.8 Å². The first kappa shape index (κ1) is 50.5. The minimum Gasteiger partial charge on any atom is -0.759 e. The normalized spacial score (nSPS) is 6.80. The van der Waals surface area contributed by atoms with Crippen LogP contribution in [0.4, 0.5) is 0 Å². The Kier molecular flexibility index (Phi) is 92.9. The molecule has 0 aliphatic rings. The fourth-order valence-electron chi connectivity index (χ4n) is 0. The summed E-state index contributed by atoms with van der Waals surface area (Å²) in [6.07, 6.45) is 0. The van der Waals surface area contributed by atoms with Gasteiger partial charge in [-0.25, -0.2) is 0 Å². The van der Waals surface area contributed by atoms with E-state index >= 15 is 0 Å². The topological polar surface area (TPSA) is 161 Å². The molecule has 0 rings (SSSR count). The average molecular weight is 475 g/mol. The van der Waals surface area contributed by atoms with Crippen LogP contribution in [-0.4, -0.2) is 71.4 Å². The molecule has 20 heteroatoms. The maximum Gasteiger partial charge on any atom is 1.00 e. The third-order valence-electron chi connectivity index (χ3n) is 0. The molecule has 0 N–H and O–H groups in total. The van der Waals surface area contributed by atoms with Crippen molar-refractivity contribution in [3.63, 3.8) is 0 Å². The van der Waals surface area contributed by atoms with Gasteiger partial charge in [-0.2, -0.15) is 0 Å². The molecule has 0 aliphatic carbocycles. The molecule has 0 aromatic rings. The first-order valence-corrected chi connectivity index (χ1v) is 13.6. The maximum absolute atomic E-state index is 8.52. The Morgan fingerprint density at radius 2 is 0.600 bits per heavy atom. The number of rotatable bonds is 0. The molecule has 0 saturated carbocycles. The van der Waals surface area contributed by atoms with Crippen molar-refractivity contribution in [2.24, 2.45) is 0 Å². The van der Waals surface area contributed by atoms with Gasteiger partial charge in [0, 0.05) is 20.8 Å². The van der Waals surface area contributed by atoms with Crippen molar-refractivity contribution in [2.45, 2.75) is 0 Å². The Morgan fingerprint density at radius 1 is 0.600 bits per heavy atom. The predicted molar refractivity (Wildman–Crippen MR) is 55.9 cm³/mol. The zero-order chi connectivity index (χ0) is 14.4. The molecule has 0 bridgehead atoms. The smallest absolute Gasteiger partial charge is 0.759 e. The van der Waals surface area contributed by atoms with Gasteiger partial charge in [-0.05, 0) is 0 Å². The molecular formula is Cl4K2Li2Mg2O8S2. The molecule has 0 heterocycles. The van der Waals surface area contributed by atoms with Crippen LogP contribution < -0.4 is 140 Å². The Morgan fingerprint density at radius 3 is 0.600 bits per heavy atom. The van der Waals surface area contributed by atoms with Crippen LogP contribution in [0, 0.1) is 0 Å². The first-order chi connectivity index (χ1) is 6.83. The Hall–Kier alpha value is 6.90. The second-order valence-electron chi connectivity index (χ2n) is 1.02. The van der Waals surface area contributed by atoms with Crippen LogP contribution in [0.5, 0.6) is 0 Å². The van der Waals surface area contributed by atoms with Gasteiger partial charge in [0.25, 0.3) is 0 Å². The molecule has 0 spiro atoms. The second-order valence-corrected chi connectivity index (χ2v) is 7.90. The van der Waals surface area contributed by atoms with Gasteiger partial charge in [-0.15, -0.1) is 0 Å². The summed E-state index contributed by atoms with van der Waals surface area (Å²) in [6, 6.07) is 0. The van der Waals surface area contributed by atoms with Gasteiger partial charge in [0.2, 0.25) is 0 Å². The number of hydrogen-bond donors (Lipinski definition) is 0. The van der Waals surface area contributed by atoms with E-state index in [0.29, 0.717) is 0 Å². The van der Waals surface area contributed by atoms with Crippen molar-refractivity contribution in [2.75, 3.05) is 0 Å². The summed E-state index contributed by atoms with van der Waals surface area (Å²) >= 11 is -1.28. The molecular weight excluding hydrogens is 475 g/mol. The molecule has 20 heavy (non-hydrogen) atoms. The van der Waals surface area contributed by atoms with Crippen LogP contribution in [0.1, 0.15) is 0 Å². The van der Waals surface area contributed by atoms with Crippen LogP contribution in [0.25, 0.3) is 0 Å². The Labute approximate surface area is 261 Å². The van der Waals surface area contributed by atoms with Gasteiger partial charge in [0.1, 0.15) is 0 Å². The van der Waals surface area contributed by atoms with E-state index in [1.807, 2.05) is 0 Å². The second kappa shape index (κ2) is 36.8. The van der Waals surface area contributed by atoms with Gasteiger partial charge in [-0.3, -0.25) is 16.8 Å². The minimum absolute atomic E-state index is 0. The van der Waals surface area contributed by atoms with Gasteiger partial charge in [-0.1, -0.05) is 0 Å².